The van der Waals surface area contributed by atoms with E-state index in [9.17, 15) is 4.79 Å². The van der Waals surface area contributed by atoms with E-state index in [1.54, 1.807) is 0 Å². The van der Waals surface area contributed by atoms with Crippen LogP contribution < -0.4 is 20.1 Å². The molecule has 0 spiro atoms. The second-order valence-electron chi connectivity index (χ2n) is 8.69. The minimum absolute atomic E-state index is 0.164. The lowest BCUT2D eigenvalue weighted by Gasteiger charge is -2.30. The molecule has 2 heterocycles. The lowest BCUT2D eigenvalue weighted by atomic mass is 9.78. The zero-order valence-electron chi connectivity index (χ0n) is 17.9. The molecule has 0 bridgehead atoms. The SMILES string of the molecule is Cc1ccc([C@H]2CC(=O)C3=C(C2)Nc2ccccc2N[C@@H]3c2ccc3c(c2)OCO3)cc1. The zero-order valence-corrected chi connectivity index (χ0v) is 17.9. The van der Waals surface area contributed by atoms with Crippen LogP contribution in [0, 0.1) is 6.92 Å². The molecule has 0 aromatic heterocycles. The van der Waals surface area contributed by atoms with Gasteiger partial charge < -0.3 is 20.1 Å². The summed E-state index contributed by atoms with van der Waals surface area (Å²) < 4.78 is 11.1. The van der Waals surface area contributed by atoms with Gasteiger partial charge in [0.2, 0.25) is 6.79 Å². The molecule has 6 rings (SSSR count). The number of carbonyl (C=O) groups is 1. The van der Waals surface area contributed by atoms with Crippen molar-refractivity contribution in [1.82, 2.24) is 0 Å². The van der Waals surface area contributed by atoms with Gasteiger partial charge in [0.15, 0.2) is 17.3 Å². The molecule has 5 heteroatoms. The summed E-state index contributed by atoms with van der Waals surface area (Å²) in [5, 5.41) is 7.22. The van der Waals surface area contributed by atoms with Crippen molar-refractivity contribution in [3.63, 3.8) is 0 Å². The van der Waals surface area contributed by atoms with Crippen molar-refractivity contribution < 1.29 is 14.3 Å². The standard InChI is InChI=1S/C27H24N2O3/c1-16-6-8-17(9-7-16)19-12-22-26(23(30)13-19)27(29-21-5-3-2-4-20(21)28-22)18-10-11-24-25(14-18)32-15-31-24/h2-11,14,19,27-29H,12-13,15H2,1H3/t19-,27-/m1/s1. The number of anilines is 2. The summed E-state index contributed by atoms with van der Waals surface area (Å²) in [6.45, 7) is 2.31. The number of nitrogens with one attached hydrogen (secondary N) is 2. The molecule has 2 atom stereocenters. The van der Waals surface area contributed by atoms with Gasteiger partial charge in [-0.2, -0.15) is 0 Å². The van der Waals surface area contributed by atoms with Gasteiger partial charge in [-0.3, -0.25) is 4.79 Å². The number of benzene rings is 3. The van der Waals surface area contributed by atoms with Crippen LogP contribution in [-0.2, 0) is 4.79 Å². The average Bonchev–Trinajstić information content (AvgIpc) is 3.20. The molecule has 32 heavy (non-hydrogen) atoms. The topological polar surface area (TPSA) is 59.6 Å². The van der Waals surface area contributed by atoms with Crippen molar-refractivity contribution in [2.45, 2.75) is 31.7 Å². The molecular formula is C27H24N2O3. The van der Waals surface area contributed by atoms with E-state index >= 15 is 0 Å². The first-order chi connectivity index (χ1) is 15.7. The van der Waals surface area contributed by atoms with E-state index in [1.165, 1.54) is 11.1 Å². The van der Waals surface area contributed by atoms with E-state index in [2.05, 4.69) is 47.9 Å². The summed E-state index contributed by atoms with van der Waals surface area (Å²) in [5.74, 6) is 1.80. The number of carbonyl (C=O) groups excluding carboxylic acids is 1. The molecule has 3 aromatic rings. The molecule has 0 fully saturated rings. The molecule has 0 saturated carbocycles. The van der Waals surface area contributed by atoms with Crippen molar-refractivity contribution in [2.75, 3.05) is 17.4 Å². The Labute approximate surface area is 187 Å². The zero-order chi connectivity index (χ0) is 21.7. The number of aryl methyl sites for hydroxylation is 1. The van der Waals surface area contributed by atoms with Gasteiger partial charge in [-0.1, -0.05) is 48.0 Å². The summed E-state index contributed by atoms with van der Waals surface area (Å²) in [4.78, 5) is 13.6. The highest BCUT2D eigenvalue weighted by atomic mass is 16.7. The smallest absolute Gasteiger partial charge is 0.231 e. The maximum atomic E-state index is 13.6. The number of hydrogen-bond acceptors (Lipinski definition) is 5. The monoisotopic (exact) mass is 424 g/mol. The minimum Gasteiger partial charge on any atom is -0.454 e. The second kappa shape index (κ2) is 7.45. The predicted octanol–water partition coefficient (Wildman–Crippen LogP) is 5.70. The fourth-order valence-electron chi connectivity index (χ4n) is 4.91. The Morgan fingerprint density at radius 2 is 1.59 bits per heavy atom. The lowest BCUT2D eigenvalue weighted by Crippen LogP contribution is -2.26. The molecule has 0 saturated heterocycles. The number of Topliss-reactive ketones (excluding diaryl/α,β-unsaturated/α-hetero) is 1. The van der Waals surface area contributed by atoms with Crippen LogP contribution in [0.3, 0.4) is 0 Å². The summed E-state index contributed by atoms with van der Waals surface area (Å²) in [6, 6.07) is 22.3. The third-order valence-corrected chi connectivity index (χ3v) is 6.59. The molecule has 3 aromatic carbocycles. The molecule has 0 unspecified atom stereocenters. The number of para-hydroxylation sites is 2. The highest BCUT2D eigenvalue weighted by molar-refractivity contribution is 6.01. The van der Waals surface area contributed by atoms with Crippen molar-refractivity contribution in [3.8, 4) is 11.5 Å². The van der Waals surface area contributed by atoms with Crippen molar-refractivity contribution in [2.24, 2.45) is 0 Å². The molecule has 0 radical (unpaired) electrons. The Kier molecular flexibility index (Phi) is 4.42. The number of ketones is 1. The van der Waals surface area contributed by atoms with Gasteiger partial charge in [-0.25, -0.2) is 0 Å². The van der Waals surface area contributed by atoms with Gasteiger partial charge in [0.1, 0.15) is 0 Å². The van der Waals surface area contributed by atoms with Gasteiger partial charge in [-0.05, 0) is 54.7 Å². The van der Waals surface area contributed by atoms with Crippen LogP contribution >= 0.6 is 0 Å². The average molecular weight is 425 g/mol. The van der Waals surface area contributed by atoms with Crippen molar-refractivity contribution >= 4 is 17.2 Å². The van der Waals surface area contributed by atoms with E-state index in [0.29, 0.717) is 6.42 Å². The molecule has 0 amide bonds. The first kappa shape index (κ1) is 19.0. The van der Waals surface area contributed by atoms with Crippen LogP contribution in [0.1, 0.15) is 41.5 Å². The van der Waals surface area contributed by atoms with E-state index in [-0.39, 0.29) is 24.5 Å². The third-order valence-electron chi connectivity index (χ3n) is 6.59. The first-order valence-electron chi connectivity index (χ1n) is 11.0. The van der Waals surface area contributed by atoms with E-state index in [4.69, 9.17) is 9.47 Å². The Morgan fingerprint density at radius 1 is 0.844 bits per heavy atom. The summed E-state index contributed by atoms with van der Waals surface area (Å²) in [7, 11) is 0. The van der Waals surface area contributed by atoms with Crippen LogP contribution in [-0.4, -0.2) is 12.6 Å². The predicted molar refractivity (Wildman–Crippen MR) is 124 cm³/mol. The summed E-state index contributed by atoms with van der Waals surface area (Å²) in [6.07, 6.45) is 1.30. The number of rotatable bonds is 2. The van der Waals surface area contributed by atoms with Crippen LogP contribution in [0.15, 0.2) is 78.0 Å². The highest BCUT2D eigenvalue weighted by Crippen LogP contribution is 2.45. The van der Waals surface area contributed by atoms with Crippen LogP contribution in [0.5, 0.6) is 11.5 Å². The maximum Gasteiger partial charge on any atom is 0.231 e. The summed E-state index contributed by atoms with van der Waals surface area (Å²) >= 11 is 0. The number of fused-ring (bicyclic) bond motifs is 2. The first-order valence-corrected chi connectivity index (χ1v) is 11.0. The molecule has 1 aliphatic carbocycles. The highest BCUT2D eigenvalue weighted by Gasteiger charge is 2.36. The Bertz CT molecular complexity index is 1250. The van der Waals surface area contributed by atoms with Gasteiger partial charge in [0.25, 0.3) is 0 Å². The van der Waals surface area contributed by atoms with Crippen molar-refractivity contribution in [3.05, 3.63) is 94.7 Å². The van der Waals surface area contributed by atoms with E-state index in [0.717, 1.165) is 46.1 Å². The van der Waals surface area contributed by atoms with Crippen LogP contribution in [0.25, 0.3) is 0 Å². The van der Waals surface area contributed by atoms with Crippen LogP contribution in [0.4, 0.5) is 11.4 Å². The fourth-order valence-corrected chi connectivity index (χ4v) is 4.91. The van der Waals surface area contributed by atoms with E-state index < -0.39 is 0 Å². The van der Waals surface area contributed by atoms with Crippen molar-refractivity contribution in [1.29, 1.82) is 0 Å². The second-order valence-corrected chi connectivity index (χ2v) is 8.69. The third kappa shape index (κ3) is 3.21. The molecule has 2 N–H and O–H groups in total. The summed E-state index contributed by atoms with van der Waals surface area (Å²) in [5.41, 5.74) is 7.19. The molecule has 3 aliphatic rings. The molecule has 5 nitrogen and oxygen atoms in total. The van der Waals surface area contributed by atoms with Gasteiger partial charge in [-0.15, -0.1) is 0 Å². The molecular weight excluding hydrogens is 400 g/mol. The fraction of sp³-hybridized carbons (Fsp3) is 0.222. The Balaban J connectivity index is 1.45. The Hall–Kier alpha value is -3.73. The number of ether oxygens (including phenoxy) is 2. The number of hydrogen-bond donors (Lipinski definition) is 2. The normalized spacial score (nSPS) is 21.2. The molecule has 160 valence electrons. The minimum atomic E-state index is -0.262. The van der Waals surface area contributed by atoms with E-state index in [1.807, 2.05) is 36.4 Å². The van der Waals surface area contributed by atoms with Gasteiger partial charge in [0, 0.05) is 17.7 Å². The molecule has 2 aliphatic heterocycles. The quantitative estimate of drug-likeness (QED) is 0.552. The van der Waals surface area contributed by atoms with Gasteiger partial charge in [0.05, 0.1) is 17.4 Å². The Morgan fingerprint density at radius 3 is 2.44 bits per heavy atom. The number of allylic oxidation sites excluding steroid dienone is 1. The maximum absolute atomic E-state index is 13.6. The lowest BCUT2D eigenvalue weighted by molar-refractivity contribution is -0.116. The van der Waals surface area contributed by atoms with Crippen LogP contribution in [0.2, 0.25) is 0 Å². The van der Waals surface area contributed by atoms with Gasteiger partial charge >= 0.3 is 0 Å². The largest absolute Gasteiger partial charge is 0.454 e.